The smallest absolute Gasteiger partial charge is 0.191 e. The second-order valence-electron chi connectivity index (χ2n) is 5.74. The summed E-state index contributed by atoms with van der Waals surface area (Å²) in [6, 6.07) is 8.19. The maximum atomic E-state index is 5.37. The Labute approximate surface area is 145 Å². The maximum absolute atomic E-state index is 5.37. The van der Waals surface area contributed by atoms with Gasteiger partial charge in [0.05, 0.1) is 26.9 Å². The van der Waals surface area contributed by atoms with Crippen LogP contribution in [0.2, 0.25) is 0 Å². The van der Waals surface area contributed by atoms with Gasteiger partial charge in [0.15, 0.2) is 5.96 Å². The standard InChI is InChI=1S/C18H30N4O2/c1-3-19-18(21-10-11-22-12-14-24-15-13-22)20-9-8-16-4-6-17(23-2)7-5-16/h4-7H,3,8-15H2,1-2H3,(H2,19,20,21). The molecule has 134 valence electrons. The van der Waals surface area contributed by atoms with Gasteiger partial charge in [0.2, 0.25) is 0 Å². The van der Waals surface area contributed by atoms with Gasteiger partial charge in [-0.15, -0.1) is 0 Å². The van der Waals surface area contributed by atoms with Crippen molar-refractivity contribution >= 4 is 5.96 Å². The van der Waals surface area contributed by atoms with E-state index in [1.165, 1.54) is 5.56 Å². The van der Waals surface area contributed by atoms with Gasteiger partial charge in [-0.1, -0.05) is 12.1 Å². The summed E-state index contributed by atoms with van der Waals surface area (Å²) in [5.41, 5.74) is 1.28. The summed E-state index contributed by atoms with van der Waals surface area (Å²) < 4.78 is 10.5. The number of hydrogen-bond acceptors (Lipinski definition) is 4. The summed E-state index contributed by atoms with van der Waals surface area (Å²) in [6.45, 7) is 9.29. The van der Waals surface area contributed by atoms with Crippen molar-refractivity contribution in [3.05, 3.63) is 29.8 Å². The zero-order valence-electron chi connectivity index (χ0n) is 14.9. The van der Waals surface area contributed by atoms with Gasteiger partial charge in [0, 0.05) is 32.7 Å². The van der Waals surface area contributed by atoms with Gasteiger partial charge >= 0.3 is 0 Å². The number of nitrogens with zero attached hydrogens (tertiary/aromatic N) is 2. The number of rotatable bonds is 8. The number of ether oxygens (including phenoxy) is 2. The minimum atomic E-state index is 0.803. The molecule has 2 N–H and O–H groups in total. The molecule has 6 nitrogen and oxygen atoms in total. The van der Waals surface area contributed by atoms with E-state index in [9.17, 15) is 0 Å². The van der Waals surface area contributed by atoms with Crippen LogP contribution in [0, 0.1) is 0 Å². The lowest BCUT2D eigenvalue weighted by Gasteiger charge is -2.25. The third-order valence-corrected chi connectivity index (χ3v) is 4.00. The van der Waals surface area contributed by atoms with Crippen LogP contribution in [0.3, 0.4) is 0 Å². The lowest BCUT2D eigenvalue weighted by Crippen LogP contribution is -2.40. The van der Waals surface area contributed by atoms with Crippen LogP contribution in [0.15, 0.2) is 29.3 Å². The first-order valence-electron chi connectivity index (χ1n) is 8.77. The highest BCUT2D eigenvalue weighted by Gasteiger charge is 2.09. The van der Waals surface area contributed by atoms with Crippen molar-refractivity contribution in [3.8, 4) is 5.75 Å². The van der Waals surface area contributed by atoms with Crippen molar-refractivity contribution in [2.24, 2.45) is 4.99 Å². The van der Waals surface area contributed by atoms with E-state index in [1.54, 1.807) is 7.11 Å². The quantitative estimate of drug-likeness (QED) is 0.551. The Morgan fingerprint density at radius 1 is 1.21 bits per heavy atom. The van der Waals surface area contributed by atoms with E-state index in [2.05, 4.69) is 39.6 Å². The van der Waals surface area contributed by atoms with Crippen molar-refractivity contribution in [2.45, 2.75) is 13.3 Å². The van der Waals surface area contributed by atoms with Crippen molar-refractivity contribution in [1.29, 1.82) is 0 Å². The molecular formula is C18H30N4O2. The summed E-state index contributed by atoms with van der Waals surface area (Å²) in [5, 5.41) is 6.70. The topological polar surface area (TPSA) is 58.1 Å². The summed E-state index contributed by atoms with van der Waals surface area (Å²) in [4.78, 5) is 7.05. The maximum Gasteiger partial charge on any atom is 0.191 e. The molecule has 0 aliphatic carbocycles. The van der Waals surface area contributed by atoms with E-state index < -0.39 is 0 Å². The molecule has 6 heteroatoms. The minimum Gasteiger partial charge on any atom is -0.497 e. The third kappa shape index (κ3) is 6.76. The highest BCUT2D eigenvalue weighted by molar-refractivity contribution is 5.79. The van der Waals surface area contributed by atoms with E-state index in [0.29, 0.717) is 0 Å². The first-order chi connectivity index (χ1) is 11.8. The molecule has 1 fully saturated rings. The molecule has 0 aromatic heterocycles. The summed E-state index contributed by atoms with van der Waals surface area (Å²) in [7, 11) is 1.69. The number of aliphatic imine (C=N–C) groups is 1. The Hall–Kier alpha value is -1.79. The molecular weight excluding hydrogens is 304 g/mol. The highest BCUT2D eigenvalue weighted by atomic mass is 16.5. The molecule has 1 aliphatic heterocycles. The Bertz CT molecular complexity index is 484. The Morgan fingerprint density at radius 3 is 2.62 bits per heavy atom. The van der Waals surface area contributed by atoms with Crippen molar-refractivity contribution in [2.75, 3.05) is 59.6 Å². The molecule has 0 radical (unpaired) electrons. The van der Waals surface area contributed by atoms with Crippen molar-refractivity contribution < 1.29 is 9.47 Å². The monoisotopic (exact) mass is 334 g/mol. The molecule has 0 amide bonds. The molecule has 2 rings (SSSR count). The molecule has 1 saturated heterocycles. The summed E-state index contributed by atoms with van der Waals surface area (Å²) in [5.74, 6) is 1.78. The van der Waals surface area contributed by atoms with Crippen LogP contribution in [-0.4, -0.2) is 70.5 Å². The number of methoxy groups -OCH3 is 1. The van der Waals surface area contributed by atoms with Gasteiger partial charge < -0.3 is 20.1 Å². The van der Waals surface area contributed by atoms with E-state index >= 15 is 0 Å². The molecule has 1 aromatic rings. The van der Waals surface area contributed by atoms with Crippen LogP contribution in [0.25, 0.3) is 0 Å². The van der Waals surface area contributed by atoms with Gasteiger partial charge in [0.25, 0.3) is 0 Å². The first kappa shape index (κ1) is 18.5. The van der Waals surface area contributed by atoms with Gasteiger partial charge in [0.1, 0.15) is 5.75 Å². The molecule has 0 spiro atoms. The molecule has 0 unspecified atom stereocenters. The SMILES string of the molecule is CCNC(=NCCN1CCOCC1)NCCc1ccc(OC)cc1. The first-order valence-corrected chi connectivity index (χ1v) is 8.77. The third-order valence-electron chi connectivity index (χ3n) is 4.00. The fourth-order valence-electron chi connectivity index (χ4n) is 2.59. The van der Waals surface area contributed by atoms with Crippen LogP contribution < -0.4 is 15.4 Å². The van der Waals surface area contributed by atoms with Crippen molar-refractivity contribution in [1.82, 2.24) is 15.5 Å². The van der Waals surface area contributed by atoms with Crippen LogP contribution in [0.5, 0.6) is 5.75 Å². The van der Waals surface area contributed by atoms with Crippen LogP contribution >= 0.6 is 0 Å². The predicted molar refractivity (Wildman–Crippen MR) is 97.9 cm³/mol. The summed E-state index contributed by atoms with van der Waals surface area (Å²) in [6.07, 6.45) is 0.956. The summed E-state index contributed by atoms with van der Waals surface area (Å²) >= 11 is 0. The lowest BCUT2D eigenvalue weighted by atomic mass is 10.1. The Kier molecular flexibility index (Phi) is 8.41. The number of nitrogens with one attached hydrogen (secondary N) is 2. The van der Waals surface area contributed by atoms with Gasteiger partial charge in [-0.25, -0.2) is 0 Å². The molecule has 1 aromatic carbocycles. The average molecular weight is 334 g/mol. The fourth-order valence-corrected chi connectivity index (χ4v) is 2.59. The van der Waals surface area contributed by atoms with Crippen LogP contribution in [0.4, 0.5) is 0 Å². The Balaban J connectivity index is 1.71. The molecule has 1 heterocycles. The van der Waals surface area contributed by atoms with E-state index in [1.807, 2.05) is 12.1 Å². The number of hydrogen-bond donors (Lipinski definition) is 2. The molecule has 1 aliphatic rings. The molecule has 0 bridgehead atoms. The second-order valence-corrected chi connectivity index (χ2v) is 5.74. The average Bonchev–Trinajstić information content (AvgIpc) is 2.63. The second kappa shape index (κ2) is 10.9. The minimum absolute atomic E-state index is 0.803. The predicted octanol–water partition coefficient (Wildman–Crippen LogP) is 1.13. The number of benzene rings is 1. The van der Waals surface area contributed by atoms with E-state index in [0.717, 1.165) is 70.6 Å². The number of morpholine rings is 1. The Morgan fingerprint density at radius 2 is 1.96 bits per heavy atom. The highest BCUT2D eigenvalue weighted by Crippen LogP contribution is 2.11. The fraction of sp³-hybridized carbons (Fsp3) is 0.611. The zero-order chi connectivity index (χ0) is 17.0. The lowest BCUT2D eigenvalue weighted by molar-refractivity contribution is 0.0394. The molecule has 0 atom stereocenters. The van der Waals surface area contributed by atoms with Crippen LogP contribution in [-0.2, 0) is 11.2 Å². The van der Waals surface area contributed by atoms with Gasteiger partial charge in [-0.05, 0) is 31.0 Å². The normalized spacial score (nSPS) is 16.0. The van der Waals surface area contributed by atoms with Crippen molar-refractivity contribution in [3.63, 3.8) is 0 Å². The van der Waals surface area contributed by atoms with E-state index in [-0.39, 0.29) is 0 Å². The number of guanidine groups is 1. The van der Waals surface area contributed by atoms with Crippen LogP contribution in [0.1, 0.15) is 12.5 Å². The molecule has 0 saturated carbocycles. The van der Waals surface area contributed by atoms with E-state index in [4.69, 9.17) is 9.47 Å². The zero-order valence-corrected chi connectivity index (χ0v) is 14.9. The van der Waals surface area contributed by atoms with Gasteiger partial charge in [-0.2, -0.15) is 0 Å². The largest absolute Gasteiger partial charge is 0.497 e. The van der Waals surface area contributed by atoms with Gasteiger partial charge in [-0.3, -0.25) is 9.89 Å². The molecule has 24 heavy (non-hydrogen) atoms.